The number of benzene rings is 1. The topological polar surface area (TPSA) is 15.3 Å². The van der Waals surface area contributed by atoms with E-state index in [1.54, 1.807) is 0 Å². The summed E-state index contributed by atoms with van der Waals surface area (Å²) in [6.07, 6.45) is 5.29. The van der Waals surface area contributed by atoms with Crippen LogP contribution in [0, 0.1) is 0 Å². The van der Waals surface area contributed by atoms with Crippen molar-refractivity contribution in [1.29, 1.82) is 0 Å². The third kappa shape index (κ3) is 2.14. The fraction of sp³-hybridized carbons (Fsp3) is 0.625. The van der Waals surface area contributed by atoms with Crippen LogP contribution < -0.4 is 5.32 Å². The molecule has 0 saturated carbocycles. The summed E-state index contributed by atoms with van der Waals surface area (Å²) in [6.45, 7) is 6.98. The minimum Gasteiger partial charge on any atom is -0.384 e. The highest BCUT2D eigenvalue weighted by molar-refractivity contribution is 5.61. The van der Waals surface area contributed by atoms with Crippen molar-refractivity contribution in [2.24, 2.45) is 0 Å². The fourth-order valence-corrected chi connectivity index (χ4v) is 3.53. The zero-order chi connectivity index (χ0) is 12.5. The molecule has 98 valence electrons. The molecular weight excluding hydrogens is 220 g/mol. The second kappa shape index (κ2) is 4.93. The lowest BCUT2D eigenvalue weighted by atomic mass is 9.96. The number of piperidine rings is 1. The lowest BCUT2D eigenvalue weighted by Gasteiger charge is -2.39. The smallest absolute Gasteiger partial charge is 0.0419 e. The van der Waals surface area contributed by atoms with Gasteiger partial charge in [-0.25, -0.2) is 0 Å². The lowest BCUT2D eigenvalue weighted by molar-refractivity contribution is 0.0955. The van der Waals surface area contributed by atoms with Gasteiger partial charge in [-0.05, 0) is 44.2 Å². The molecule has 1 aromatic carbocycles. The predicted octanol–water partition coefficient (Wildman–Crippen LogP) is 3.42. The van der Waals surface area contributed by atoms with Crippen molar-refractivity contribution in [3.05, 3.63) is 29.3 Å². The van der Waals surface area contributed by atoms with Crippen LogP contribution in [0.3, 0.4) is 0 Å². The molecule has 0 bridgehead atoms. The second-order valence-corrected chi connectivity index (χ2v) is 5.93. The van der Waals surface area contributed by atoms with E-state index >= 15 is 0 Å². The predicted molar refractivity (Wildman–Crippen MR) is 77.0 cm³/mol. The van der Waals surface area contributed by atoms with Crippen LogP contribution in [0.5, 0.6) is 0 Å². The van der Waals surface area contributed by atoms with Gasteiger partial charge in [-0.15, -0.1) is 0 Å². The largest absolute Gasteiger partial charge is 0.384 e. The first-order chi connectivity index (χ1) is 8.75. The van der Waals surface area contributed by atoms with Crippen molar-refractivity contribution in [3.63, 3.8) is 0 Å². The Morgan fingerprint density at radius 1 is 1.22 bits per heavy atom. The third-order valence-electron chi connectivity index (χ3n) is 4.66. The number of fused-ring (bicyclic) bond motifs is 1. The Labute approximate surface area is 110 Å². The minimum atomic E-state index is 0.728. The molecule has 2 aliphatic heterocycles. The number of likely N-dealkylation sites (tertiary alicyclic amines) is 1. The maximum absolute atomic E-state index is 3.56. The van der Waals surface area contributed by atoms with Crippen LogP contribution >= 0.6 is 0 Å². The molecule has 1 saturated heterocycles. The lowest BCUT2D eigenvalue weighted by Crippen LogP contribution is -2.43. The standard InChI is InChI=1S/C16H24N2/c1-12-5-3-6-13(2)18(12)11-15-8-4-7-14-9-10-17-16(14)15/h4,7-8,12-13,17H,3,5-6,9-11H2,1-2H3/t12-,13+. The molecule has 0 spiro atoms. The molecule has 2 aliphatic rings. The van der Waals surface area contributed by atoms with E-state index in [0.717, 1.165) is 25.2 Å². The summed E-state index contributed by atoms with van der Waals surface area (Å²) >= 11 is 0. The summed E-state index contributed by atoms with van der Waals surface area (Å²) in [6, 6.07) is 8.24. The van der Waals surface area contributed by atoms with E-state index in [-0.39, 0.29) is 0 Å². The highest BCUT2D eigenvalue weighted by Gasteiger charge is 2.26. The van der Waals surface area contributed by atoms with Gasteiger partial charge < -0.3 is 5.32 Å². The van der Waals surface area contributed by atoms with Gasteiger partial charge in [-0.3, -0.25) is 4.90 Å². The second-order valence-electron chi connectivity index (χ2n) is 5.93. The van der Waals surface area contributed by atoms with Crippen molar-refractivity contribution < 1.29 is 0 Å². The van der Waals surface area contributed by atoms with Crippen molar-refractivity contribution in [1.82, 2.24) is 4.90 Å². The van der Waals surface area contributed by atoms with E-state index in [1.165, 1.54) is 42.5 Å². The number of rotatable bonds is 2. The average molecular weight is 244 g/mol. The molecule has 2 atom stereocenters. The fourth-order valence-electron chi connectivity index (χ4n) is 3.53. The summed E-state index contributed by atoms with van der Waals surface area (Å²) in [7, 11) is 0. The van der Waals surface area contributed by atoms with Gasteiger partial charge >= 0.3 is 0 Å². The maximum atomic E-state index is 3.56. The van der Waals surface area contributed by atoms with Gasteiger partial charge in [0, 0.05) is 30.9 Å². The Morgan fingerprint density at radius 3 is 2.78 bits per heavy atom. The summed E-state index contributed by atoms with van der Waals surface area (Å²) < 4.78 is 0. The van der Waals surface area contributed by atoms with Crippen molar-refractivity contribution in [3.8, 4) is 0 Å². The molecule has 0 amide bonds. The van der Waals surface area contributed by atoms with E-state index in [0.29, 0.717) is 0 Å². The van der Waals surface area contributed by atoms with Crippen LogP contribution in [-0.2, 0) is 13.0 Å². The van der Waals surface area contributed by atoms with E-state index in [1.807, 2.05) is 0 Å². The summed E-state index contributed by atoms with van der Waals surface area (Å²) in [5, 5.41) is 3.56. The van der Waals surface area contributed by atoms with Gasteiger partial charge in [0.25, 0.3) is 0 Å². The van der Waals surface area contributed by atoms with Crippen molar-refractivity contribution in [2.75, 3.05) is 11.9 Å². The Morgan fingerprint density at radius 2 is 2.00 bits per heavy atom. The Bertz CT molecular complexity index is 417. The highest BCUT2D eigenvalue weighted by atomic mass is 15.2. The number of para-hydroxylation sites is 1. The van der Waals surface area contributed by atoms with Crippen LogP contribution in [0.4, 0.5) is 5.69 Å². The van der Waals surface area contributed by atoms with Crippen LogP contribution in [0.25, 0.3) is 0 Å². The molecule has 0 aromatic heterocycles. The molecule has 1 aromatic rings. The molecule has 2 heteroatoms. The molecule has 2 heterocycles. The first kappa shape index (κ1) is 12.0. The highest BCUT2D eigenvalue weighted by Crippen LogP contribution is 2.30. The molecule has 0 unspecified atom stereocenters. The molecule has 3 rings (SSSR count). The molecule has 18 heavy (non-hydrogen) atoms. The first-order valence-corrected chi connectivity index (χ1v) is 7.36. The summed E-state index contributed by atoms with van der Waals surface area (Å²) in [5.74, 6) is 0. The molecule has 2 nitrogen and oxygen atoms in total. The van der Waals surface area contributed by atoms with Gasteiger partial charge in [0.1, 0.15) is 0 Å². The SMILES string of the molecule is C[C@@H]1CCC[C@H](C)N1Cc1cccc2c1NCC2. The number of hydrogen-bond donors (Lipinski definition) is 1. The van der Waals surface area contributed by atoms with Crippen LogP contribution in [0.1, 0.15) is 44.2 Å². The number of hydrogen-bond acceptors (Lipinski definition) is 2. The Balaban J connectivity index is 1.82. The number of nitrogens with one attached hydrogen (secondary N) is 1. The quantitative estimate of drug-likeness (QED) is 0.857. The van der Waals surface area contributed by atoms with Crippen molar-refractivity contribution in [2.45, 2.75) is 58.2 Å². The van der Waals surface area contributed by atoms with E-state index in [4.69, 9.17) is 0 Å². The monoisotopic (exact) mass is 244 g/mol. The molecule has 1 fully saturated rings. The van der Waals surface area contributed by atoms with E-state index in [9.17, 15) is 0 Å². The molecule has 0 aliphatic carbocycles. The van der Waals surface area contributed by atoms with Crippen LogP contribution in [0.15, 0.2) is 18.2 Å². The van der Waals surface area contributed by atoms with Gasteiger partial charge in [0.2, 0.25) is 0 Å². The van der Waals surface area contributed by atoms with E-state index < -0.39 is 0 Å². The van der Waals surface area contributed by atoms with Crippen LogP contribution in [-0.4, -0.2) is 23.5 Å². The molecule has 0 radical (unpaired) electrons. The van der Waals surface area contributed by atoms with E-state index in [2.05, 4.69) is 42.3 Å². The average Bonchev–Trinajstić information content (AvgIpc) is 2.83. The van der Waals surface area contributed by atoms with Crippen LogP contribution in [0.2, 0.25) is 0 Å². The maximum Gasteiger partial charge on any atom is 0.0419 e. The molecular formula is C16H24N2. The molecule has 1 N–H and O–H groups in total. The Hall–Kier alpha value is -1.02. The van der Waals surface area contributed by atoms with Gasteiger partial charge in [0.05, 0.1) is 0 Å². The van der Waals surface area contributed by atoms with Gasteiger partial charge in [-0.2, -0.15) is 0 Å². The first-order valence-electron chi connectivity index (χ1n) is 7.36. The minimum absolute atomic E-state index is 0.728. The van der Waals surface area contributed by atoms with Gasteiger partial charge in [-0.1, -0.05) is 24.6 Å². The number of anilines is 1. The third-order valence-corrected chi connectivity index (χ3v) is 4.66. The zero-order valence-electron chi connectivity index (χ0n) is 11.6. The Kier molecular flexibility index (Phi) is 3.29. The normalized spacial score (nSPS) is 27.9. The summed E-state index contributed by atoms with van der Waals surface area (Å²) in [5.41, 5.74) is 4.41. The summed E-state index contributed by atoms with van der Waals surface area (Å²) in [4.78, 5) is 2.68. The zero-order valence-corrected chi connectivity index (χ0v) is 11.6. The van der Waals surface area contributed by atoms with Gasteiger partial charge in [0.15, 0.2) is 0 Å². The number of nitrogens with zero attached hydrogens (tertiary/aromatic N) is 1. The van der Waals surface area contributed by atoms with Crippen molar-refractivity contribution >= 4 is 5.69 Å².